The first kappa shape index (κ1) is 16.0. The third kappa shape index (κ3) is 7.05. The largest absolute Gasteiger partial charge is 0.507 e. The van der Waals surface area contributed by atoms with Crippen molar-refractivity contribution >= 4 is 7.60 Å². The molecule has 0 bridgehead atoms. The molecule has 0 aromatic heterocycles. The van der Waals surface area contributed by atoms with Crippen LogP contribution in [0.2, 0.25) is 0 Å². The van der Waals surface area contributed by atoms with Gasteiger partial charge >= 0.3 is 7.60 Å². The summed E-state index contributed by atoms with van der Waals surface area (Å²) in [5, 5.41) is 18.6. The van der Waals surface area contributed by atoms with Gasteiger partial charge in [-0.2, -0.15) is 0 Å². The Labute approximate surface area is 101 Å². The minimum absolute atomic E-state index is 0.183. The fraction of sp³-hybridized carbons (Fsp3) is 0.600. The minimum Gasteiger partial charge on any atom is -0.507 e. The second-order valence-corrected chi connectivity index (χ2v) is 4.70. The van der Waals surface area contributed by atoms with Crippen LogP contribution in [-0.4, -0.2) is 30.0 Å². The maximum absolute atomic E-state index is 11.9. The van der Waals surface area contributed by atoms with Gasteiger partial charge < -0.3 is 24.0 Å². The summed E-state index contributed by atoms with van der Waals surface area (Å²) < 4.78 is 26.5. The molecule has 6 nitrogen and oxygen atoms in total. The first-order chi connectivity index (χ1) is 7.97. The number of rotatable bonds is 8. The maximum atomic E-state index is 11.9. The molecule has 0 spiro atoms. The van der Waals surface area contributed by atoms with Gasteiger partial charge in [-0.05, 0) is 20.8 Å². The van der Waals surface area contributed by atoms with E-state index in [0.29, 0.717) is 0 Å². The highest BCUT2D eigenvalue weighted by Gasteiger charge is 2.21. The molecule has 0 saturated carbocycles. The fourth-order valence-corrected chi connectivity index (χ4v) is 2.33. The summed E-state index contributed by atoms with van der Waals surface area (Å²) in [6, 6.07) is 0. The van der Waals surface area contributed by atoms with E-state index in [9.17, 15) is 9.67 Å². The smallest absolute Gasteiger partial charge is 0.357 e. The van der Waals surface area contributed by atoms with Gasteiger partial charge in [-0.15, -0.1) is 0 Å². The molecule has 17 heavy (non-hydrogen) atoms. The molecule has 0 aromatic carbocycles. The Morgan fingerprint density at radius 1 is 1.12 bits per heavy atom. The van der Waals surface area contributed by atoms with E-state index in [0.717, 1.165) is 11.9 Å². The Hall–Kier alpha value is -0.970. The molecule has 0 unspecified atom stereocenters. The molecule has 0 rings (SSSR count). The van der Waals surface area contributed by atoms with Crippen molar-refractivity contribution < 1.29 is 28.6 Å². The number of aliphatic hydroxyl groups excluding tert-OH is 2. The Morgan fingerprint density at radius 2 is 1.65 bits per heavy atom. The van der Waals surface area contributed by atoms with Crippen LogP contribution in [0.4, 0.5) is 0 Å². The lowest BCUT2D eigenvalue weighted by molar-refractivity contribution is 0.101. The van der Waals surface area contributed by atoms with Crippen molar-refractivity contribution in [1.29, 1.82) is 0 Å². The Bertz CT molecular complexity index is 313. The first-order valence-electron chi connectivity index (χ1n) is 5.31. The molecular weight excluding hydrogens is 247 g/mol. The van der Waals surface area contributed by atoms with Crippen molar-refractivity contribution in [3.05, 3.63) is 23.6 Å². The molecule has 0 fully saturated rings. The van der Waals surface area contributed by atoms with Crippen LogP contribution in [-0.2, 0) is 18.3 Å². The van der Waals surface area contributed by atoms with Crippen molar-refractivity contribution in [2.24, 2.45) is 0 Å². The molecule has 100 valence electrons. The van der Waals surface area contributed by atoms with E-state index in [1.807, 2.05) is 0 Å². The predicted octanol–water partition coefficient (Wildman–Crippen LogP) is 3.09. The van der Waals surface area contributed by atoms with E-state index in [2.05, 4.69) is 0 Å². The van der Waals surface area contributed by atoms with Gasteiger partial charge in [0.05, 0.1) is 31.7 Å². The van der Waals surface area contributed by atoms with E-state index in [1.54, 1.807) is 20.8 Å². The highest BCUT2D eigenvalue weighted by Crippen LogP contribution is 2.50. The van der Waals surface area contributed by atoms with Crippen molar-refractivity contribution in [2.75, 3.05) is 19.8 Å². The zero-order valence-electron chi connectivity index (χ0n) is 10.3. The summed E-state index contributed by atoms with van der Waals surface area (Å²) in [5.41, 5.74) is 0. The van der Waals surface area contributed by atoms with Gasteiger partial charge in [-0.1, -0.05) is 0 Å². The SMILES string of the molecule is CCO/C(O)=C/C(O)=C/P(=O)(OCC)OCC. The predicted molar refractivity (Wildman–Crippen MR) is 63.9 cm³/mol. The average Bonchev–Trinajstić information content (AvgIpc) is 2.17. The monoisotopic (exact) mass is 266 g/mol. The first-order valence-corrected chi connectivity index (χ1v) is 6.92. The van der Waals surface area contributed by atoms with Crippen LogP contribution >= 0.6 is 7.60 Å². The molecule has 0 saturated heterocycles. The van der Waals surface area contributed by atoms with Crippen molar-refractivity contribution in [3.8, 4) is 0 Å². The van der Waals surface area contributed by atoms with E-state index in [4.69, 9.17) is 18.9 Å². The van der Waals surface area contributed by atoms with Crippen LogP contribution in [0.5, 0.6) is 0 Å². The molecular formula is C10H19O6P. The van der Waals surface area contributed by atoms with Crippen LogP contribution in [0.3, 0.4) is 0 Å². The normalized spacial score (nSPS) is 13.8. The van der Waals surface area contributed by atoms with Crippen LogP contribution in [0.25, 0.3) is 0 Å². The summed E-state index contributed by atoms with van der Waals surface area (Å²) in [6.07, 6.45) is 0.925. The molecule has 0 aliphatic rings. The van der Waals surface area contributed by atoms with Gasteiger partial charge in [0, 0.05) is 0 Å². The number of allylic oxidation sites excluding steroid dienone is 1. The second kappa shape index (κ2) is 8.17. The zero-order chi connectivity index (χ0) is 13.3. The quantitative estimate of drug-likeness (QED) is 0.399. The van der Waals surface area contributed by atoms with Gasteiger partial charge in [0.1, 0.15) is 5.76 Å². The van der Waals surface area contributed by atoms with Gasteiger partial charge in [0.15, 0.2) is 0 Å². The molecule has 0 radical (unpaired) electrons. The molecule has 2 N–H and O–H groups in total. The fourth-order valence-electron chi connectivity index (χ4n) is 0.987. The highest BCUT2D eigenvalue weighted by molar-refractivity contribution is 7.57. The lowest BCUT2D eigenvalue weighted by Gasteiger charge is -2.12. The summed E-state index contributed by atoms with van der Waals surface area (Å²) in [6.45, 7) is 5.61. The van der Waals surface area contributed by atoms with Gasteiger partial charge in [0.25, 0.3) is 5.95 Å². The standard InChI is InChI=1S/C10H19O6P/c1-4-14-10(12)7-9(11)8-17(13,15-5-2)16-6-3/h7-8,11-12H,4-6H2,1-3H3/b9-8-,10-7+. The second-order valence-electron chi connectivity index (χ2n) is 2.84. The number of hydrogen-bond donors (Lipinski definition) is 2. The Morgan fingerprint density at radius 3 is 2.06 bits per heavy atom. The minimum atomic E-state index is -3.47. The van der Waals surface area contributed by atoms with Crippen LogP contribution in [0.1, 0.15) is 20.8 Å². The molecule has 0 aliphatic heterocycles. The summed E-state index contributed by atoms with van der Waals surface area (Å²) >= 11 is 0. The molecule has 0 aliphatic carbocycles. The Kier molecular flexibility index (Phi) is 7.70. The van der Waals surface area contributed by atoms with E-state index in [1.165, 1.54) is 0 Å². The van der Waals surface area contributed by atoms with Gasteiger partial charge in [0.2, 0.25) is 0 Å². The maximum Gasteiger partial charge on any atom is 0.357 e. The lowest BCUT2D eigenvalue weighted by Crippen LogP contribution is -1.95. The average molecular weight is 266 g/mol. The number of hydrogen-bond acceptors (Lipinski definition) is 6. The van der Waals surface area contributed by atoms with E-state index < -0.39 is 19.3 Å². The third-order valence-electron chi connectivity index (χ3n) is 1.47. The molecule has 0 atom stereocenters. The van der Waals surface area contributed by atoms with Crippen molar-refractivity contribution in [2.45, 2.75) is 20.8 Å². The van der Waals surface area contributed by atoms with E-state index >= 15 is 0 Å². The summed E-state index contributed by atoms with van der Waals surface area (Å²) in [7, 11) is -3.47. The van der Waals surface area contributed by atoms with Gasteiger partial charge in [-0.25, -0.2) is 0 Å². The van der Waals surface area contributed by atoms with Crippen LogP contribution in [0.15, 0.2) is 23.6 Å². The third-order valence-corrected chi connectivity index (χ3v) is 3.29. The van der Waals surface area contributed by atoms with Crippen molar-refractivity contribution in [3.63, 3.8) is 0 Å². The topological polar surface area (TPSA) is 85.2 Å². The Balaban J connectivity index is 4.81. The summed E-state index contributed by atoms with van der Waals surface area (Å²) in [5.74, 6) is 0.0110. The van der Waals surface area contributed by atoms with Crippen molar-refractivity contribution in [1.82, 2.24) is 0 Å². The highest BCUT2D eigenvalue weighted by atomic mass is 31.2. The molecule has 7 heteroatoms. The summed E-state index contributed by atoms with van der Waals surface area (Å²) in [4.78, 5) is 0. The molecule has 0 amide bonds. The molecule has 0 heterocycles. The molecule has 0 aromatic rings. The van der Waals surface area contributed by atoms with Gasteiger partial charge in [-0.3, -0.25) is 4.57 Å². The lowest BCUT2D eigenvalue weighted by atomic mass is 10.5. The number of ether oxygens (including phenoxy) is 1. The van der Waals surface area contributed by atoms with E-state index in [-0.39, 0.29) is 19.8 Å². The zero-order valence-corrected chi connectivity index (χ0v) is 11.1. The van der Waals surface area contributed by atoms with Crippen LogP contribution in [0, 0.1) is 0 Å². The van der Waals surface area contributed by atoms with Crippen LogP contribution < -0.4 is 0 Å². The number of aliphatic hydroxyl groups is 2.